The summed E-state index contributed by atoms with van der Waals surface area (Å²) in [6, 6.07) is 11.1. The maximum absolute atomic E-state index is 12.2. The number of urea groups is 1. The second-order valence-corrected chi connectivity index (χ2v) is 6.44. The molecule has 0 aliphatic rings. The molecule has 2 aromatic heterocycles. The van der Waals surface area contributed by atoms with Crippen LogP contribution in [0.5, 0.6) is 11.6 Å². The maximum Gasteiger partial charge on any atom is 0.326 e. The molecule has 150 valence electrons. The Morgan fingerprint density at radius 3 is 2.66 bits per heavy atom. The Kier molecular flexibility index (Phi) is 6.08. The van der Waals surface area contributed by atoms with Crippen molar-refractivity contribution >= 4 is 23.5 Å². The third kappa shape index (κ3) is 5.32. The third-order valence-corrected chi connectivity index (χ3v) is 3.90. The van der Waals surface area contributed by atoms with Gasteiger partial charge in [-0.15, -0.1) is 0 Å². The molecule has 0 saturated carbocycles. The number of anilines is 2. The average Bonchev–Trinajstić information content (AvgIpc) is 3.16. The quantitative estimate of drug-likeness (QED) is 0.581. The van der Waals surface area contributed by atoms with Crippen LogP contribution in [0.25, 0.3) is 0 Å². The molecule has 9 heteroatoms. The number of nitrogens with one attached hydrogen (secondary N) is 3. The van der Waals surface area contributed by atoms with Gasteiger partial charge in [0.15, 0.2) is 0 Å². The van der Waals surface area contributed by atoms with E-state index in [9.17, 15) is 9.59 Å². The number of carbonyl (C=O) groups is 2. The van der Waals surface area contributed by atoms with Crippen LogP contribution in [0.4, 0.5) is 16.4 Å². The van der Waals surface area contributed by atoms with Crippen molar-refractivity contribution in [3.63, 3.8) is 0 Å². The number of rotatable bonds is 6. The van der Waals surface area contributed by atoms with Crippen molar-refractivity contribution in [2.24, 2.45) is 0 Å². The lowest BCUT2D eigenvalue weighted by molar-refractivity contribution is 0.0962. The average molecular weight is 395 g/mol. The number of ether oxygens (including phenoxy) is 1. The Labute approximate surface area is 167 Å². The number of nitrogens with zero attached hydrogens (tertiary/aromatic N) is 2. The Morgan fingerprint density at radius 2 is 1.93 bits per heavy atom. The fourth-order valence-electron chi connectivity index (χ4n) is 2.40. The van der Waals surface area contributed by atoms with Crippen LogP contribution < -0.4 is 20.7 Å². The van der Waals surface area contributed by atoms with E-state index < -0.39 is 6.03 Å². The van der Waals surface area contributed by atoms with Gasteiger partial charge in [0.25, 0.3) is 5.91 Å². The van der Waals surface area contributed by atoms with E-state index in [1.807, 2.05) is 13.8 Å². The molecule has 0 spiro atoms. The Morgan fingerprint density at radius 1 is 1.10 bits per heavy atom. The normalized spacial score (nSPS) is 10.5. The van der Waals surface area contributed by atoms with Crippen molar-refractivity contribution in [1.82, 2.24) is 15.5 Å². The molecule has 0 unspecified atom stereocenters. The van der Waals surface area contributed by atoms with Crippen LogP contribution in [0.15, 0.2) is 53.2 Å². The SMILES string of the molecule is CNC(=O)c1ccnc(Oc2cccc(NC(=O)Nc3cc(C(C)C)no3)c2)c1. The Balaban J connectivity index is 1.64. The molecule has 3 rings (SSSR count). The second-order valence-electron chi connectivity index (χ2n) is 6.44. The number of benzene rings is 1. The first-order valence-corrected chi connectivity index (χ1v) is 8.95. The highest BCUT2D eigenvalue weighted by molar-refractivity contribution is 5.99. The van der Waals surface area contributed by atoms with Gasteiger partial charge >= 0.3 is 6.03 Å². The van der Waals surface area contributed by atoms with Crippen LogP contribution in [0.3, 0.4) is 0 Å². The highest BCUT2D eigenvalue weighted by Crippen LogP contribution is 2.24. The summed E-state index contributed by atoms with van der Waals surface area (Å²) in [5.74, 6) is 0.926. The maximum atomic E-state index is 12.2. The van der Waals surface area contributed by atoms with Crippen LogP contribution in [-0.2, 0) is 0 Å². The van der Waals surface area contributed by atoms with Gasteiger partial charge < -0.3 is 19.9 Å². The fourth-order valence-corrected chi connectivity index (χ4v) is 2.40. The van der Waals surface area contributed by atoms with E-state index in [0.29, 0.717) is 17.0 Å². The van der Waals surface area contributed by atoms with Gasteiger partial charge in [-0.05, 0) is 24.1 Å². The largest absolute Gasteiger partial charge is 0.439 e. The van der Waals surface area contributed by atoms with Gasteiger partial charge in [-0.25, -0.2) is 9.78 Å². The van der Waals surface area contributed by atoms with Gasteiger partial charge in [0.05, 0.1) is 5.69 Å². The van der Waals surface area contributed by atoms with Gasteiger partial charge in [-0.1, -0.05) is 25.1 Å². The summed E-state index contributed by atoms with van der Waals surface area (Å²) in [7, 11) is 1.55. The summed E-state index contributed by atoms with van der Waals surface area (Å²) in [6.07, 6.45) is 1.48. The van der Waals surface area contributed by atoms with E-state index in [2.05, 4.69) is 26.1 Å². The highest BCUT2D eigenvalue weighted by Gasteiger charge is 2.11. The molecule has 1 aromatic carbocycles. The molecule has 29 heavy (non-hydrogen) atoms. The standard InChI is InChI=1S/C20H21N5O4/c1-12(2)16-11-18(29-25-16)24-20(27)23-14-5-4-6-15(10-14)28-17-9-13(7-8-22-17)19(26)21-3/h4-12H,1-3H3,(H,21,26)(H2,23,24,27). The van der Waals surface area contributed by atoms with Crippen molar-refractivity contribution in [2.45, 2.75) is 19.8 Å². The molecule has 0 radical (unpaired) electrons. The third-order valence-electron chi connectivity index (χ3n) is 3.90. The van der Waals surface area contributed by atoms with Crippen molar-refractivity contribution in [3.05, 3.63) is 59.9 Å². The van der Waals surface area contributed by atoms with Crippen molar-refractivity contribution in [1.29, 1.82) is 0 Å². The summed E-state index contributed by atoms with van der Waals surface area (Å²) in [5, 5.41) is 11.7. The zero-order chi connectivity index (χ0) is 20.8. The molecule has 0 bridgehead atoms. The first kappa shape index (κ1) is 19.9. The monoisotopic (exact) mass is 395 g/mol. The number of aromatic nitrogens is 2. The molecular formula is C20H21N5O4. The van der Waals surface area contributed by atoms with Crippen molar-refractivity contribution < 1.29 is 18.8 Å². The van der Waals surface area contributed by atoms with Crippen molar-refractivity contribution in [2.75, 3.05) is 17.7 Å². The number of hydrogen-bond acceptors (Lipinski definition) is 6. The van der Waals surface area contributed by atoms with Gasteiger partial charge in [-0.2, -0.15) is 0 Å². The smallest absolute Gasteiger partial charge is 0.326 e. The van der Waals surface area contributed by atoms with Crippen LogP contribution in [0, 0.1) is 0 Å². The lowest BCUT2D eigenvalue weighted by Gasteiger charge is -2.09. The molecule has 9 nitrogen and oxygen atoms in total. The molecular weight excluding hydrogens is 374 g/mol. The predicted octanol–water partition coefficient (Wildman–Crippen LogP) is 3.99. The van der Waals surface area contributed by atoms with Gasteiger partial charge in [0.2, 0.25) is 11.8 Å². The van der Waals surface area contributed by atoms with Crippen LogP contribution in [0.1, 0.15) is 35.8 Å². The molecule has 3 aromatic rings. The Hall–Kier alpha value is -3.88. The molecule has 0 fully saturated rings. The van der Waals surface area contributed by atoms with E-state index in [1.165, 1.54) is 12.3 Å². The minimum Gasteiger partial charge on any atom is -0.439 e. The van der Waals surface area contributed by atoms with E-state index in [1.54, 1.807) is 43.4 Å². The lowest BCUT2D eigenvalue weighted by atomic mass is 10.1. The first-order valence-electron chi connectivity index (χ1n) is 8.95. The summed E-state index contributed by atoms with van der Waals surface area (Å²) in [4.78, 5) is 28.0. The summed E-state index contributed by atoms with van der Waals surface area (Å²) < 4.78 is 10.8. The number of carbonyl (C=O) groups excluding carboxylic acids is 2. The zero-order valence-corrected chi connectivity index (χ0v) is 16.2. The van der Waals surface area contributed by atoms with Gasteiger partial charge in [0.1, 0.15) is 5.75 Å². The van der Waals surface area contributed by atoms with Gasteiger partial charge in [0, 0.05) is 42.7 Å². The highest BCUT2D eigenvalue weighted by atomic mass is 16.5. The molecule has 3 N–H and O–H groups in total. The van der Waals surface area contributed by atoms with E-state index >= 15 is 0 Å². The summed E-state index contributed by atoms with van der Waals surface area (Å²) in [5.41, 5.74) is 1.69. The minimum absolute atomic E-state index is 0.196. The van der Waals surface area contributed by atoms with Crippen LogP contribution >= 0.6 is 0 Å². The van der Waals surface area contributed by atoms with Crippen LogP contribution in [-0.4, -0.2) is 29.1 Å². The van der Waals surface area contributed by atoms with Crippen molar-refractivity contribution in [3.8, 4) is 11.6 Å². The van der Waals surface area contributed by atoms with E-state index in [4.69, 9.17) is 9.26 Å². The fraction of sp³-hybridized carbons (Fsp3) is 0.200. The topological polar surface area (TPSA) is 118 Å². The lowest BCUT2D eigenvalue weighted by Crippen LogP contribution is -2.19. The molecule has 0 aliphatic carbocycles. The predicted molar refractivity (Wildman–Crippen MR) is 107 cm³/mol. The van der Waals surface area contributed by atoms with E-state index in [0.717, 1.165) is 5.69 Å². The molecule has 0 aliphatic heterocycles. The molecule has 0 saturated heterocycles. The van der Waals surface area contributed by atoms with E-state index in [-0.39, 0.29) is 23.6 Å². The molecule has 0 atom stereocenters. The Bertz CT molecular complexity index is 1020. The number of pyridine rings is 1. The van der Waals surface area contributed by atoms with Crippen LogP contribution in [0.2, 0.25) is 0 Å². The number of hydrogen-bond donors (Lipinski definition) is 3. The zero-order valence-electron chi connectivity index (χ0n) is 16.2. The molecule has 2 heterocycles. The second kappa shape index (κ2) is 8.87. The number of amides is 3. The molecule has 3 amide bonds. The minimum atomic E-state index is -0.478. The van der Waals surface area contributed by atoms with Gasteiger partial charge in [-0.3, -0.25) is 10.1 Å². The first-order chi connectivity index (χ1) is 13.9. The summed E-state index contributed by atoms with van der Waals surface area (Å²) >= 11 is 0. The summed E-state index contributed by atoms with van der Waals surface area (Å²) in [6.45, 7) is 3.96.